The number of para-hydroxylation sites is 1. The molecular weight excluding hydrogens is 448 g/mol. The molecule has 1 aromatic heterocycles. The minimum Gasteiger partial charge on any atom is -0.487 e. The third-order valence-corrected chi connectivity index (χ3v) is 5.27. The van der Waals surface area contributed by atoms with Crippen molar-refractivity contribution in [3.63, 3.8) is 0 Å². The van der Waals surface area contributed by atoms with Crippen molar-refractivity contribution in [2.75, 3.05) is 13.2 Å². The highest BCUT2D eigenvalue weighted by Crippen LogP contribution is 2.28. The third-order valence-electron chi connectivity index (χ3n) is 5.27. The largest absolute Gasteiger partial charge is 0.487 e. The topological polar surface area (TPSA) is 46.3 Å². The Bertz CT molecular complexity index is 1210. The molecule has 1 heterocycles. The third kappa shape index (κ3) is 6.08. The molecule has 178 valence electrons. The Morgan fingerprint density at radius 3 is 2.47 bits per heavy atom. The van der Waals surface area contributed by atoms with Crippen LogP contribution in [0.1, 0.15) is 11.1 Å². The molecule has 4 rings (SSSR count). The molecule has 0 aliphatic heterocycles. The Labute approximate surface area is 194 Å². The van der Waals surface area contributed by atoms with Crippen LogP contribution in [0.5, 0.6) is 17.2 Å². The Hall–Kier alpha value is -3.52. The van der Waals surface area contributed by atoms with Crippen LogP contribution in [-0.2, 0) is 13.0 Å². The molecular formula is C26H24F4N2O2. The fourth-order valence-corrected chi connectivity index (χ4v) is 3.50. The summed E-state index contributed by atoms with van der Waals surface area (Å²) in [6.45, 7) is -0.212. The number of rotatable bonds is 11. The first-order valence-corrected chi connectivity index (χ1v) is 10.8. The normalized spacial score (nSPS) is 11.8. The predicted octanol–water partition coefficient (Wildman–Crippen LogP) is 6.57. The van der Waals surface area contributed by atoms with Crippen molar-refractivity contribution >= 4 is 10.9 Å². The molecule has 0 saturated heterocycles. The van der Waals surface area contributed by atoms with Crippen LogP contribution in [0.3, 0.4) is 0 Å². The molecule has 0 spiro atoms. The number of aromatic amines is 1. The lowest BCUT2D eigenvalue weighted by molar-refractivity contribution is -0.148. The fraction of sp³-hybridized carbons (Fsp3) is 0.231. The first-order chi connectivity index (χ1) is 16.4. The first-order valence-electron chi connectivity index (χ1n) is 10.8. The minimum absolute atomic E-state index is 0.127. The van der Waals surface area contributed by atoms with Crippen LogP contribution in [0, 0.1) is 0 Å². The maximum absolute atomic E-state index is 13.1. The number of fused-ring (bicyclic) bond motifs is 1. The molecule has 0 saturated carbocycles. The molecule has 0 fully saturated rings. The van der Waals surface area contributed by atoms with Gasteiger partial charge >= 0.3 is 12.3 Å². The van der Waals surface area contributed by atoms with Gasteiger partial charge in [0.1, 0.15) is 17.2 Å². The van der Waals surface area contributed by atoms with Crippen LogP contribution in [0.4, 0.5) is 17.6 Å². The SMILES string of the molecule is FC(F)C(F)(F)COc1cccc(CNCCc2c[nH]c3ccc(Oc4ccccc4)cc23)c1. The number of hydrogen-bond acceptors (Lipinski definition) is 3. The Kier molecular flexibility index (Phi) is 7.37. The van der Waals surface area contributed by atoms with Gasteiger partial charge in [0.2, 0.25) is 0 Å². The van der Waals surface area contributed by atoms with Crippen LogP contribution >= 0.6 is 0 Å². The number of ether oxygens (including phenoxy) is 2. The van der Waals surface area contributed by atoms with Gasteiger partial charge in [-0.2, -0.15) is 8.78 Å². The van der Waals surface area contributed by atoms with Gasteiger partial charge in [-0.05, 0) is 66.6 Å². The quantitative estimate of drug-likeness (QED) is 0.192. The molecule has 0 aliphatic rings. The fourth-order valence-electron chi connectivity index (χ4n) is 3.50. The summed E-state index contributed by atoms with van der Waals surface area (Å²) in [6, 6.07) is 21.9. The van der Waals surface area contributed by atoms with Crippen molar-refractivity contribution in [1.82, 2.24) is 10.3 Å². The number of nitrogens with one attached hydrogen (secondary N) is 2. The van der Waals surface area contributed by atoms with Crippen LogP contribution < -0.4 is 14.8 Å². The number of halogens is 4. The molecule has 4 nitrogen and oxygen atoms in total. The standard InChI is InChI=1S/C26H24F4N2O2/c27-25(28)26(29,30)17-33-21-8-4-5-18(13-21)15-31-12-11-19-16-32-24-10-9-22(14-23(19)24)34-20-6-2-1-3-7-20/h1-10,13-14,16,25,31-32H,11-12,15,17H2. The van der Waals surface area contributed by atoms with Crippen molar-refractivity contribution in [2.45, 2.75) is 25.3 Å². The molecule has 34 heavy (non-hydrogen) atoms. The number of alkyl halides is 4. The molecule has 0 atom stereocenters. The number of H-pyrrole nitrogens is 1. The summed E-state index contributed by atoms with van der Waals surface area (Å²) >= 11 is 0. The van der Waals surface area contributed by atoms with Crippen molar-refractivity contribution < 1.29 is 27.0 Å². The zero-order valence-corrected chi connectivity index (χ0v) is 18.2. The van der Waals surface area contributed by atoms with E-state index in [9.17, 15) is 17.6 Å². The summed E-state index contributed by atoms with van der Waals surface area (Å²) in [5.41, 5.74) is 2.95. The summed E-state index contributed by atoms with van der Waals surface area (Å²) in [4.78, 5) is 3.26. The van der Waals surface area contributed by atoms with Crippen LogP contribution in [0.2, 0.25) is 0 Å². The zero-order valence-electron chi connectivity index (χ0n) is 18.2. The highest BCUT2D eigenvalue weighted by Gasteiger charge is 2.41. The molecule has 3 aromatic carbocycles. The molecule has 0 amide bonds. The van der Waals surface area contributed by atoms with Gasteiger partial charge in [0, 0.05) is 23.6 Å². The van der Waals surface area contributed by atoms with Gasteiger partial charge in [0.15, 0.2) is 6.61 Å². The van der Waals surface area contributed by atoms with Crippen LogP contribution in [0.25, 0.3) is 10.9 Å². The van der Waals surface area contributed by atoms with E-state index in [0.29, 0.717) is 13.1 Å². The maximum atomic E-state index is 13.1. The summed E-state index contributed by atoms with van der Waals surface area (Å²) in [7, 11) is 0. The Balaban J connectivity index is 1.31. The summed E-state index contributed by atoms with van der Waals surface area (Å²) in [5, 5.41) is 4.38. The number of benzene rings is 3. The molecule has 0 aliphatic carbocycles. The predicted molar refractivity (Wildman–Crippen MR) is 123 cm³/mol. The average Bonchev–Trinajstić information content (AvgIpc) is 3.24. The lowest BCUT2D eigenvalue weighted by Crippen LogP contribution is -2.33. The van der Waals surface area contributed by atoms with E-state index in [1.807, 2.05) is 60.8 Å². The molecule has 4 aromatic rings. The Morgan fingerprint density at radius 1 is 0.882 bits per heavy atom. The van der Waals surface area contributed by atoms with Gasteiger partial charge in [-0.1, -0.05) is 30.3 Å². The van der Waals surface area contributed by atoms with Crippen molar-refractivity contribution in [3.05, 3.63) is 90.1 Å². The van der Waals surface area contributed by atoms with E-state index in [1.54, 1.807) is 12.1 Å². The second-order valence-corrected chi connectivity index (χ2v) is 7.86. The highest BCUT2D eigenvalue weighted by atomic mass is 19.3. The van der Waals surface area contributed by atoms with E-state index >= 15 is 0 Å². The highest BCUT2D eigenvalue weighted by molar-refractivity contribution is 5.84. The van der Waals surface area contributed by atoms with Crippen molar-refractivity contribution in [2.24, 2.45) is 0 Å². The lowest BCUT2D eigenvalue weighted by Gasteiger charge is -2.16. The van der Waals surface area contributed by atoms with Crippen LogP contribution in [-0.4, -0.2) is 30.5 Å². The van der Waals surface area contributed by atoms with Gasteiger partial charge in [-0.25, -0.2) is 8.78 Å². The molecule has 0 bridgehead atoms. The second-order valence-electron chi connectivity index (χ2n) is 7.86. The lowest BCUT2D eigenvalue weighted by atomic mass is 10.1. The summed E-state index contributed by atoms with van der Waals surface area (Å²) in [6.07, 6.45) is -1.04. The van der Waals surface area contributed by atoms with E-state index in [1.165, 1.54) is 6.07 Å². The molecule has 0 unspecified atom stereocenters. The summed E-state index contributed by atoms with van der Waals surface area (Å²) < 4.78 is 61.5. The van der Waals surface area contributed by atoms with Gasteiger partial charge in [-0.15, -0.1) is 0 Å². The van der Waals surface area contributed by atoms with Crippen LogP contribution in [0.15, 0.2) is 79.0 Å². The molecule has 8 heteroatoms. The monoisotopic (exact) mass is 472 g/mol. The van der Waals surface area contributed by atoms with Gasteiger partial charge in [0.05, 0.1) is 0 Å². The van der Waals surface area contributed by atoms with Crippen molar-refractivity contribution in [1.29, 1.82) is 0 Å². The van der Waals surface area contributed by atoms with Gasteiger partial charge in [0.25, 0.3) is 0 Å². The zero-order chi connectivity index (χ0) is 24.0. The van der Waals surface area contributed by atoms with Crippen molar-refractivity contribution in [3.8, 4) is 17.2 Å². The first kappa shape index (κ1) is 23.6. The smallest absolute Gasteiger partial charge is 0.340 e. The van der Waals surface area contributed by atoms with E-state index in [4.69, 9.17) is 9.47 Å². The van der Waals surface area contributed by atoms with E-state index in [2.05, 4.69) is 10.3 Å². The second kappa shape index (κ2) is 10.6. The van der Waals surface area contributed by atoms with E-state index in [0.717, 1.165) is 39.9 Å². The number of hydrogen-bond donors (Lipinski definition) is 2. The van der Waals surface area contributed by atoms with Gasteiger partial charge < -0.3 is 19.8 Å². The van der Waals surface area contributed by atoms with Gasteiger partial charge in [-0.3, -0.25) is 0 Å². The van der Waals surface area contributed by atoms with E-state index < -0.39 is 19.0 Å². The molecule has 2 N–H and O–H groups in total. The maximum Gasteiger partial charge on any atom is 0.340 e. The van der Waals surface area contributed by atoms with E-state index in [-0.39, 0.29) is 5.75 Å². The Morgan fingerprint density at radius 2 is 1.68 bits per heavy atom. The average molecular weight is 472 g/mol. The minimum atomic E-state index is -4.18. The molecule has 0 radical (unpaired) electrons. The summed E-state index contributed by atoms with van der Waals surface area (Å²) in [5.74, 6) is -2.53. The number of aromatic nitrogens is 1.